The fourth-order valence-corrected chi connectivity index (χ4v) is 2.14. The molecule has 0 bridgehead atoms. The molecule has 0 unspecified atom stereocenters. The Morgan fingerprint density at radius 3 is 2.67 bits per heavy atom. The molecule has 0 spiro atoms. The van der Waals surface area contributed by atoms with E-state index in [0.717, 1.165) is 17.4 Å². The van der Waals surface area contributed by atoms with E-state index in [2.05, 4.69) is 10.4 Å². The van der Waals surface area contributed by atoms with E-state index < -0.39 is 11.7 Å². The van der Waals surface area contributed by atoms with E-state index >= 15 is 0 Å². The molecule has 1 aromatic heterocycles. The first kappa shape index (κ1) is 10.2. The van der Waals surface area contributed by atoms with Gasteiger partial charge in [0.2, 0.25) is 0 Å². The van der Waals surface area contributed by atoms with E-state index in [1.807, 2.05) is 0 Å². The molecule has 0 radical (unpaired) electrons. The van der Waals surface area contributed by atoms with E-state index in [-0.39, 0.29) is 9.83 Å². The summed E-state index contributed by atoms with van der Waals surface area (Å²) in [7, 11) is 0. The first-order valence-electron chi connectivity index (χ1n) is 3.96. The summed E-state index contributed by atoms with van der Waals surface area (Å²) in [5.74, 6) is 5.09. The minimum Gasteiger partial charge on any atom is -0.300 e. The zero-order chi connectivity index (χ0) is 11.1. The van der Waals surface area contributed by atoms with Gasteiger partial charge in [0.15, 0.2) is 5.13 Å². The summed E-state index contributed by atoms with van der Waals surface area (Å²) in [4.78, 5) is 3.89. The molecule has 1 heterocycles. The third-order valence-electron chi connectivity index (χ3n) is 1.84. The minimum atomic E-state index is -4.36. The van der Waals surface area contributed by atoms with Crippen molar-refractivity contribution >= 4 is 26.7 Å². The highest BCUT2D eigenvalue weighted by Crippen LogP contribution is 2.38. The second kappa shape index (κ2) is 3.35. The van der Waals surface area contributed by atoms with E-state index in [1.165, 1.54) is 12.1 Å². The molecule has 0 saturated carbocycles. The normalized spacial score (nSPS) is 12.0. The Balaban J connectivity index is 2.70. The van der Waals surface area contributed by atoms with Gasteiger partial charge in [-0.05, 0) is 12.1 Å². The average molecular weight is 233 g/mol. The van der Waals surface area contributed by atoms with Crippen LogP contribution in [-0.4, -0.2) is 4.98 Å². The molecule has 3 N–H and O–H groups in total. The maximum absolute atomic E-state index is 12.6. The number of aromatic nitrogens is 1. The van der Waals surface area contributed by atoms with Crippen LogP contribution in [0.2, 0.25) is 0 Å². The lowest BCUT2D eigenvalue weighted by Crippen LogP contribution is -2.05. The van der Waals surface area contributed by atoms with Gasteiger partial charge in [0.05, 0.1) is 15.8 Å². The van der Waals surface area contributed by atoms with Gasteiger partial charge in [0.25, 0.3) is 0 Å². The van der Waals surface area contributed by atoms with Gasteiger partial charge in [0.1, 0.15) is 0 Å². The number of anilines is 1. The van der Waals surface area contributed by atoms with Gasteiger partial charge in [-0.25, -0.2) is 10.8 Å². The molecule has 15 heavy (non-hydrogen) atoms. The molecule has 3 nitrogen and oxygen atoms in total. The summed E-state index contributed by atoms with van der Waals surface area (Å²) in [5.41, 5.74) is 1.85. The van der Waals surface area contributed by atoms with Crippen LogP contribution in [0, 0.1) is 0 Å². The number of halogens is 3. The third kappa shape index (κ3) is 1.75. The standard InChI is InChI=1S/C8H6F3N3S/c9-8(10,11)4-2-1-3-5-6(4)15-7(13-5)14-12/h1-3H,12H2,(H,13,14). The zero-order valence-corrected chi connectivity index (χ0v) is 8.12. The van der Waals surface area contributed by atoms with Crippen molar-refractivity contribution in [3.63, 3.8) is 0 Å². The largest absolute Gasteiger partial charge is 0.417 e. The third-order valence-corrected chi connectivity index (χ3v) is 2.88. The number of hydrazine groups is 1. The van der Waals surface area contributed by atoms with Crippen LogP contribution in [0.3, 0.4) is 0 Å². The number of thiazole rings is 1. The lowest BCUT2D eigenvalue weighted by atomic mass is 10.2. The number of hydrogen-bond acceptors (Lipinski definition) is 4. The number of nitrogens with one attached hydrogen (secondary N) is 1. The van der Waals surface area contributed by atoms with Gasteiger partial charge in [-0.3, -0.25) is 5.43 Å². The summed E-state index contributed by atoms with van der Waals surface area (Å²) in [6, 6.07) is 3.87. The molecule has 0 saturated heterocycles. The molecule has 2 rings (SSSR count). The smallest absolute Gasteiger partial charge is 0.300 e. The Morgan fingerprint density at radius 2 is 2.07 bits per heavy atom. The first-order chi connectivity index (χ1) is 7.02. The summed E-state index contributed by atoms with van der Waals surface area (Å²) in [6.45, 7) is 0. The number of fused-ring (bicyclic) bond motifs is 1. The summed E-state index contributed by atoms with van der Waals surface area (Å²) < 4.78 is 37.8. The highest BCUT2D eigenvalue weighted by molar-refractivity contribution is 7.22. The number of nitrogen functional groups attached to an aromatic ring is 1. The van der Waals surface area contributed by atoms with Crippen molar-refractivity contribution in [3.8, 4) is 0 Å². The Labute approximate surface area is 86.7 Å². The summed E-state index contributed by atoms with van der Waals surface area (Å²) in [5, 5.41) is 0.265. The second-order valence-electron chi connectivity index (χ2n) is 2.81. The summed E-state index contributed by atoms with van der Waals surface area (Å²) >= 11 is 0.884. The molecule has 7 heteroatoms. The minimum absolute atomic E-state index is 0.0953. The molecular formula is C8H6F3N3S. The lowest BCUT2D eigenvalue weighted by molar-refractivity contribution is -0.136. The fourth-order valence-electron chi connectivity index (χ4n) is 1.23. The number of rotatable bonds is 1. The fraction of sp³-hybridized carbons (Fsp3) is 0.125. The molecule has 0 fully saturated rings. The molecular weight excluding hydrogens is 227 g/mol. The van der Waals surface area contributed by atoms with Crippen LogP contribution in [-0.2, 0) is 6.18 Å². The van der Waals surface area contributed by atoms with Crippen LogP contribution in [0.15, 0.2) is 18.2 Å². The molecule has 80 valence electrons. The van der Waals surface area contributed by atoms with Gasteiger partial charge >= 0.3 is 6.18 Å². The van der Waals surface area contributed by atoms with Crippen LogP contribution >= 0.6 is 11.3 Å². The average Bonchev–Trinajstić information content (AvgIpc) is 2.57. The Bertz CT molecular complexity index is 491. The van der Waals surface area contributed by atoms with Crippen molar-refractivity contribution < 1.29 is 13.2 Å². The highest BCUT2D eigenvalue weighted by Gasteiger charge is 2.33. The van der Waals surface area contributed by atoms with Crippen molar-refractivity contribution in [1.29, 1.82) is 0 Å². The molecule has 1 aromatic carbocycles. The first-order valence-corrected chi connectivity index (χ1v) is 4.77. The maximum atomic E-state index is 12.6. The van der Waals surface area contributed by atoms with E-state index in [9.17, 15) is 13.2 Å². The van der Waals surface area contributed by atoms with Crippen LogP contribution in [0.1, 0.15) is 5.56 Å². The van der Waals surface area contributed by atoms with E-state index in [4.69, 9.17) is 5.84 Å². The molecule has 0 aliphatic carbocycles. The highest BCUT2D eigenvalue weighted by atomic mass is 32.1. The number of nitrogens with zero attached hydrogens (tertiary/aromatic N) is 1. The van der Waals surface area contributed by atoms with Crippen LogP contribution in [0.4, 0.5) is 18.3 Å². The second-order valence-corrected chi connectivity index (χ2v) is 3.81. The predicted octanol–water partition coefficient (Wildman–Crippen LogP) is 2.60. The predicted molar refractivity (Wildman–Crippen MR) is 52.4 cm³/mol. The molecule has 0 atom stereocenters. The van der Waals surface area contributed by atoms with Crippen molar-refractivity contribution in [1.82, 2.24) is 4.98 Å². The monoisotopic (exact) mass is 233 g/mol. The van der Waals surface area contributed by atoms with Gasteiger partial charge < -0.3 is 0 Å². The van der Waals surface area contributed by atoms with Gasteiger partial charge in [0, 0.05) is 0 Å². The van der Waals surface area contributed by atoms with Crippen molar-refractivity contribution in [2.45, 2.75) is 6.18 Å². The topological polar surface area (TPSA) is 50.9 Å². The summed E-state index contributed by atoms with van der Waals surface area (Å²) in [6.07, 6.45) is -4.36. The van der Waals surface area contributed by atoms with Crippen LogP contribution in [0.25, 0.3) is 10.2 Å². The van der Waals surface area contributed by atoms with E-state index in [1.54, 1.807) is 0 Å². The Hall–Kier alpha value is -1.34. The number of nitrogens with two attached hydrogens (primary N) is 1. The molecule has 0 amide bonds. The van der Waals surface area contributed by atoms with E-state index in [0.29, 0.717) is 5.52 Å². The molecule has 0 aliphatic rings. The Morgan fingerprint density at radius 1 is 1.33 bits per heavy atom. The number of alkyl halides is 3. The van der Waals surface area contributed by atoms with Gasteiger partial charge in [-0.15, -0.1) is 0 Å². The van der Waals surface area contributed by atoms with Gasteiger partial charge in [-0.1, -0.05) is 17.4 Å². The Kier molecular flexibility index (Phi) is 2.28. The molecule has 2 aromatic rings. The van der Waals surface area contributed by atoms with Gasteiger partial charge in [-0.2, -0.15) is 13.2 Å². The van der Waals surface area contributed by atoms with Crippen LogP contribution < -0.4 is 11.3 Å². The molecule has 0 aliphatic heterocycles. The SMILES string of the molecule is NNc1nc2cccc(C(F)(F)F)c2s1. The van der Waals surface area contributed by atoms with Crippen molar-refractivity contribution in [2.75, 3.05) is 5.43 Å². The van der Waals surface area contributed by atoms with Crippen molar-refractivity contribution in [2.24, 2.45) is 5.84 Å². The maximum Gasteiger partial charge on any atom is 0.417 e. The quantitative estimate of drug-likeness (QED) is 0.588. The van der Waals surface area contributed by atoms with Crippen LogP contribution in [0.5, 0.6) is 0 Å². The zero-order valence-electron chi connectivity index (χ0n) is 7.30. The lowest BCUT2D eigenvalue weighted by Gasteiger charge is -2.05. The number of hydrogen-bond donors (Lipinski definition) is 2. The van der Waals surface area contributed by atoms with Crippen molar-refractivity contribution in [3.05, 3.63) is 23.8 Å². The number of benzene rings is 1.